The normalized spacial score (nSPS) is 12.9. The van der Waals surface area contributed by atoms with E-state index < -0.39 is 17.7 Å². The molecule has 1 rings (SSSR count). The highest BCUT2D eigenvalue weighted by Gasteiger charge is 2.27. The average molecular weight is 277 g/mol. The van der Waals surface area contributed by atoms with Gasteiger partial charge in [0.05, 0.1) is 6.04 Å². The largest absolute Gasteiger partial charge is 0.444 e. The van der Waals surface area contributed by atoms with E-state index in [0.717, 1.165) is 0 Å². The molecule has 0 unspecified atom stereocenters. The van der Waals surface area contributed by atoms with Gasteiger partial charge in [-0.1, -0.05) is 44.2 Å². The molecule has 0 fully saturated rings. The van der Waals surface area contributed by atoms with Crippen molar-refractivity contribution in [2.75, 3.05) is 0 Å². The standard InChI is InChI=1S/C16H23NO3/c1-11(2)13(17-15(19)20-16(3,4)5)14(18)12-9-7-6-8-10-12/h6-11,13H,1-5H3,(H,17,19)/t13-/m0/s1. The van der Waals surface area contributed by atoms with Crippen LogP contribution in [0.25, 0.3) is 0 Å². The molecule has 4 nitrogen and oxygen atoms in total. The van der Waals surface area contributed by atoms with Crippen LogP contribution < -0.4 is 5.32 Å². The number of alkyl carbamates (subject to hydrolysis) is 1. The van der Waals surface area contributed by atoms with Gasteiger partial charge in [0.2, 0.25) is 0 Å². The summed E-state index contributed by atoms with van der Waals surface area (Å²) in [7, 11) is 0. The van der Waals surface area contributed by atoms with Crippen LogP contribution in [0.15, 0.2) is 30.3 Å². The van der Waals surface area contributed by atoms with Crippen molar-refractivity contribution in [2.24, 2.45) is 5.92 Å². The van der Waals surface area contributed by atoms with Crippen molar-refractivity contribution in [1.82, 2.24) is 5.32 Å². The van der Waals surface area contributed by atoms with Crippen molar-refractivity contribution in [3.63, 3.8) is 0 Å². The number of Topliss-reactive ketones (excluding diaryl/α,β-unsaturated/α-hetero) is 1. The van der Waals surface area contributed by atoms with Gasteiger partial charge in [-0.05, 0) is 26.7 Å². The summed E-state index contributed by atoms with van der Waals surface area (Å²) in [5.41, 5.74) is 0.00349. The number of hydrogen-bond acceptors (Lipinski definition) is 3. The molecule has 0 aliphatic carbocycles. The van der Waals surface area contributed by atoms with Crippen LogP contribution in [0.3, 0.4) is 0 Å². The van der Waals surface area contributed by atoms with Gasteiger partial charge < -0.3 is 10.1 Å². The summed E-state index contributed by atoms with van der Waals surface area (Å²) >= 11 is 0. The first-order valence-corrected chi connectivity index (χ1v) is 6.79. The number of ketones is 1. The summed E-state index contributed by atoms with van der Waals surface area (Å²) in [6, 6.07) is 8.36. The Balaban J connectivity index is 2.80. The minimum absolute atomic E-state index is 0.0183. The number of rotatable bonds is 4. The monoisotopic (exact) mass is 277 g/mol. The highest BCUT2D eigenvalue weighted by Crippen LogP contribution is 2.12. The SMILES string of the molecule is CC(C)[C@H](NC(=O)OC(C)(C)C)C(=O)c1ccccc1. The number of nitrogens with one attached hydrogen (secondary N) is 1. The van der Waals surface area contributed by atoms with Gasteiger partial charge >= 0.3 is 6.09 Å². The van der Waals surface area contributed by atoms with Gasteiger partial charge in [0.15, 0.2) is 5.78 Å². The summed E-state index contributed by atoms with van der Waals surface area (Å²) in [5, 5.41) is 2.66. The Hall–Kier alpha value is -1.84. The van der Waals surface area contributed by atoms with E-state index in [9.17, 15) is 9.59 Å². The molecule has 0 aliphatic heterocycles. The van der Waals surface area contributed by atoms with Gasteiger partial charge in [0, 0.05) is 5.56 Å². The van der Waals surface area contributed by atoms with Crippen molar-refractivity contribution < 1.29 is 14.3 Å². The lowest BCUT2D eigenvalue weighted by Gasteiger charge is -2.25. The van der Waals surface area contributed by atoms with Gasteiger partial charge in [0.25, 0.3) is 0 Å². The molecule has 1 aromatic carbocycles. The van der Waals surface area contributed by atoms with Crippen LogP contribution in [0.1, 0.15) is 45.0 Å². The molecule has 0 spiro atoms. The molecule has 0 saturated heterocycles. The van der Waals surface area contributed by atoms with E-state index in [1.54, 1.807) is 45.0 Å². The summed E-state index contributed by atoms with van der Waals surface area (Å²) in [6.45, 7) is 9.15. The van der Waals surface area contributed by atoms with Crippen LogP contribution in [-0.2, 0) is 4.74 Å². The maximum Gasteiger partial charge on any atom is 0.408 e. The summed E-state index contributed by atoms with van der Waals surface area (Å²) < 4.78 is 5.20. The first-order chi connectivity index (χ1) is 9.20. The van der Waals surface area contributed by atoms with E-state index in [-0.39, 0.29) is 11.7 Å². The van der Waals surface area contributed by atoms with E-state index >= 15 is 0 Å². The Bertz CT molecular complexity index is 460. The highest BCUT2D eigenvalue weighted by molar-refractivity contribution is 6.01. The highest BCUT2D eigenvalue weighted by atomic mass is 16.6. The smallest absolute Gasteiger partial charge is 0.408 e. The second-order valence-corrected chi connectivity index (χ2v) is 6.10. The van der Waals surface area contributed by atoms with E-state index in [2.05, 4.69) is 5.32 Å². The van der Waals surface area contributed by atoms with Gasteiger partial charge in [-0.25, -0.2) is 4.79 Å². The third-order valence-corrected chi connectivity index (χ3v) is 2.68. The maximum atomic E-state index is 12.4. The van der Waals surface area contributed by atoms with Crippen LogP contribution in [0.4, 0.5) is 4.79 Å². The van der Waals surface area contributed by atoms with Gasteiger partial charge in [-0.3, -0.25) is 4.79 Å². The number of hydrogen-bond donors (Lipinski definition) is 1. The Morgan fingerprint density at radius 1 is 1.10 bits per heavy atom. The first-order valence-electron chi connectivity index (χ1n) is 6.79. The fourth-order valence-corrected chi connectivity index (χ4v) is 1.75. The Kier molecular flexibility index (Phi) is 5.31. The minimum Gasteiger partial charge on any atom is -0.444 e. The van der Waals surface area contributed by atoms with Crippen LogP contribution in [0, 0.1) is 5.92 Å². The van der Waals surface area contributed by atoms with Crippen molar-refractivity contribution in [3.05, 3.63) is 35.9 Å². The molecule has 0 heterocycles. The van der Waals surface area contributed by atoms with Crippen LogP contribution in [-0.4, -0.2) is 23.5 Å². The van der Waals surface area contributed by atoms with E-state index in [1.165, 1.54) is 0 Å². The van der Waals surface area contributed by atoms with E-state index in [4.69, 9.17) is 4.74 Å². The first kappa shape index (κ1) is 16.2. The molecule has 110 valence electrons. The lowest BCUT2D eigenvalue weighted by molar-refractivity contribution is 0.0475. The molecule has 4 heteroatoms. The lowest BCUT2D eigenvalue weighted by atomic mass is 9.95. The molecule has 0 saturated carbocycles. The maximum absolute atomic E-state index is 12.4. The molecular weight excluding hydrogens is 254 g/mol. The second-order valence-electron chi connectivity index (χ2n) is 6.10. The van der Waals surface area contributed by atoms with Crippen LogP contribution in [0.2, 0.25) is 0 Å². The second kappa shape index (κ2) is 6.55. The number of ether oxygens (including phenoxy) is 1. The number of carbonyl (C=O) groups is 2. The van der Waals surface area contributed by atoms with Crippen molar-refractivity contribution in [2.45, 2.75) is 46.3 Å². The molecule has 1 N–H and O–H groups in total. The zero-order valence-electron chi connectivity index (χ0n) is 12.8. The fraction of sp³-hybridized carbons (Fsp3) is 0.500. The van der Waals surface area contributed by atoms with Gasteiger partial charge in [-0.2, -0.15) is 0 Å². The lowest BCUT2D eigenvalue weighted by Crippen LogP contribution is -2.46. The molecule has 0 aromatic heterocycles. The third-order valence-electron chi connectivity index (χ3n) is 2.68. The van der Waals surface area contributed by atoms with Crippen LogP contribution >= 0.6 is 0 Å². The molecule has 0 radical (unpaired) electrons. The Morgan fingerprint density at radius 2 is 1.65 bits per heavy atom. The Labute approximate surface area is 120 Å². The number of benzene rings is 1. The van der Waals surface area contributed by atoms with Crippen molar-refractivity contribution >= 4 is 11.9 Å². The van der Waals surface area contributed by atoms with Crippen LogP contribution in [0.5, 0.6) is 0 Å². The molecule has 1 atom stereocenters. The zero-order chi connectivity index (χ0) is 15.3. The molecule has 0 bridgehead atoms. The van der Waals surface area contributed by atoms with Gasteiger partial charge in [-0.15, -0.1) is 0 Å². The molecule has 1 aromatic rings. The zero-order valence-corrected chi connectivity index (χ0v) is 12.8. The van der Waals surface area contributed by atoms with Gasteiger partial charge in [0.1, 0.15) is 5.60 Å². The predicted octanol–water partition coefficient (Wildman–Crippen LogP) is 3.42. The van der Waals surface area contributed by atoms with Crippen molar-refractivity contribution in [3.8, 4) is 0 Å². The summed E-state index contributed by atoms with van der Waals surface area (Å²) in [5.74, 6) is -0.123. The Morgan fingerprint density at radius 3 is 2.10 bits per heavy atom. The minimum atomic E-state index is -0.591. The topological polar surface area (TPSA) is 55.4 Å². The molecule has 20 heavy (non-hydrogen) atoms. The number of amides is 1. The van der Waals surface area contributed by atoms with Crippen molar-refractivity contribution in [1.29, 1.82) is 0 Å². The summed E-state index contributed by atoms with van der Waals surface area (Å²) in [4.78, 5) is 24.2. The predicted molar refractivity (Wildman–Crippen MR) is 78.8 cm³/mol. The van der Waals surface area contributed by atoms with E-state index in [0.29, 0.717) is 5.56 Å². The van der Waals surface area contributed by atoms with E-state index in [1.807, 2.05) is 19.9 Å². The molecule has 0 aliphatic rings. The third kappa shape index (κ3) is 5.03. The fourth-order valence-electron chi connectivity index (χ4n) is 1.75. The quantitative estimate of drug-likeness (QED) is 0.858. The molecular formula is C16H23NO3. The summed E-state index contributed by atoms with van der Waals surface area (Å²) in [6.07, 6.45) is -0.569. The molecule has 1 amide bonds. The average Bonchev–Trinajstić information content (AvgIpc) is 2.34. The number of carbonyl (C=O) groups excluding carboxylic acids is 2.